The molecule has 1 amide bonds. The molecule has 0 fully saturated rings. The highest BCUT2D eigenvalue weighted by molar-refractivity contribution is 7.16. The van der Waals surface area contributed by atoms with E-state index in [0.29, 0.717) is 0 Å². The number of rotatable bonds is 5. The molecular formula is C18H19NO3S. The normalized spacial score (nSPS) is 11.4. The number of carbonyl (C=O) groups is 2. The van der Waals surface area contributed by atoms with Crippen LogP contribution in [0, 0.1) is 0 Å². The summed E-state index contributed by atoms with van der Waals surface area (Å²) in [5, 5.41) is 2.62. The summed E-state index contributed by atoms with van der Waals surface area (Å²) in [5.41, 5.74) is 0.0920. The van der Waals surface area contributed by atoms with Gasteiger partial charge in [0.25, 0.3) is 0 Å². The molecule has 1 aromatic carbocycles. The Morgan fingerprint density at radius 3 is 2.48 bits per heavy atom. The molecule has 4 nitrogen and oxygen atoms in total. The lowest BCUT2D eigenvalue weighted by Gasteiger charge is -2.21. The topological polar surface area (TPSA) is 55.4 Å². The van der Waals surface area contributed by atoms with Crippen LogP contribution in [0.1, 0.15) is 18.7 Å². The highest BCUT2D eigenvalue weighted by Gasteiger charge is 2.29. The SMILES string of the molecule is COC(=O)C(C)(C)NC(=O)/C=C/c1ccc(-c2ccccc2)s1. The molecule has 2 rings (SSSR count). The van der Waals surface area contributed by atoms with Crippen molar-refractivity contribution in [2.75, 3.05) is 7.11 Å². The number of methoxy groups -OCH3 is 1. The van der Waals surface area contributed by atoms with Crippen LogP contribution >= 0.6 is 11.3 Å². The van der Waals surface area contributed by atoms with E-state index in [1.807, 2.05) is 42.5 Å². The highest BCUT2D eigenvalue weighted by atomic mass is 32.1. The molecule has 0 radical (unpaired) electrons. The summed E-state index contributed by atoms with van der Waals surface area (Å²) < 4.78 is 4.66. The Morgan fingerprint density at radius 1 is 1.13 bits per heavy atom. The first-order chi connectivity index (χ1) is 10.9. The number of carbonyl (C=O) groups excluding carboxylic acids is 2. The highest BCUT2D eigenvalue weighted by Crippen LogP contribution is 2.28. The quantitative estimate of drug-likeness (QED) is 0.675. The zero-order chi connectivity index (χ0) is 16.9. The summed E-state index contributed by atoms with van der Waals surface area (Å²) >= 11 is 1.60. The summed E-state index contributed by atoms with van der Waals surface area (Å²) in [6.07, 6.45) is 3.16. The molecule has 0 spiro atoms. The van der Waals surface area contributed by atoms with Gasteiger partial charge in [-0.1, -0.05) is 30.3 Å². The molecule has 0 aliphatic carbocycles. The lowest BCUT2D eigenvalue weighted by atomic mass is 10.1. The second-order valence-electron chi connectivity index (χ2n) is 5.51. The van der Waals surface area contributed by atoms with Gasteiger partial charge in [-0.25, -0.2) is 4.79 Å². The Bertz CT molecular complexity index is 717. The smallest absolute Gasteiger partial charge is 0.330 e. The van der Waals surface area contributed by atoms with Gasteiger partial charge in [-0.3, -0.25) is 4.79 Å². The zero-order valence-electron chi connectivity index (χ0n) is 13.3. The van der Waals surface area contributed by atoms with Crippen LogP contribution in [-0.4, -0.2) is 24.5 Å². The van der Waals surface area contributed by atoms with Crippen LogP contribution in [0.5, 0.6) is 0 Å². The van der Waals surface area contributed by atoms with Gasteiger partial charge in [0.2, 0.25) is 5.91 Å². The summed E-state index contributed by atoms with van der Waals surface area (Å²) in [6.45, 7) is 3.20. The number of esters is 1. The third-order valence-corrected chi connectivity index (χ3v) is 4.32. The molecule has 0 saturated carbocycles. The van der Waals surface area contributed by atoms with Gasteiger partial charge in [0.1, 0.15) is 5.54 Å². The maximum absolute atomic E-state index is 11.9. The number of amides is 1. The van der Waals surface area contributed by atoms with E-state index in [-0.39, 0.29) is 5.91 Å². The first-order valence-corrected chi connectivity index (χ1v) is 7.98. The van der Waals surface area contributed by atoms with Gasteiger partial charge in [0, 0.05) is 15.8 Å². The predicted octanol–water partition coefficient (Wildman–Crippen LogP) is 3.50. The monoisotopic (exact) mass is 329 g/mol. The molecule has 2 aromatic rings. The van der Waals surface area contributed by atoms with Crippen molar-refractivity contribution in [2.24, 2.45) is 0 Å². The fourth-order valence-corrected chi connectivity index (χ4v) is 2.93. The van der Waals surface area contributed by atoms with Crippen molar-refractivity contribution in [1.82, 2.24) is 5.32 Å². The molecular weight excluding hydrogens is 310 g/mol. The minimum atomic E-state index is -1.05. The summed E-state index contributed by atoms with van der Waals surface area (Å²) in [7, 11) is 1.29. The van der Waals surface area contributed by atoms with E-state index in [4.69, 9.17) is 0 Å². The maximum Gasteiger partial charge on any atom is 0.330 e. The number of hydrogen-bond acceptors (Lipinski definition) is 4. The Kier molecular flexibility index (Phi) is 5.34. The van der Waals surface area contributed by atoms with Crippen molar-refractivity contribution in [3.05, 3.63) is 53.4 Å². The molecule has 0 bridgehead atoms. The Morgan fingerprint density at radius 2 is 1.83 bits per heavy atom. The Balaban J connectivity index is 2.02. The average molecular weight is 329 g/mol. The van der Waals surface area contributed by atoms with Gasteiger partial charge in [-0.2, -0.15) is 0 Å². The minimum Gasteiger partial charge on any atom is -0.467 e. The molecule has 120 valence electrons. The van der Waals surface area contributed by atoms with Gasteiger partial charge in [-0.15, -0.1) is 11.3 Å². The number of nitrogens with one attached hydrogen (secondary N) is 1. The molecule has 1 N–H and O–H groups in total. The first-order valence-electron chi connectivity index (χ1n) is 7.16. The second kappa shape index (κ2) is 7.24. The lowest BCUT2D eigenvalue weighted by molar-refractivity contribution is -0.148. The van der Waals surface area contributed by atoms with Crippen LogP contribution in [0.25, 0.3) is 16.5 Å². The van der Waals surface area contributed by atoms with E-state index < -0.39 is 11.5 Å². The van der Waals surface area contributed by atoms with Crippen molar-refractivity contribution in [3.63, 3.8) is 0 Å². The number of hydrogen-bond donors (Lipinski definition) is 1. The Hall–Kier alpha value is -2.40. The number of benzene rings is 1. The number of thiophene rings is 1. The van der Waals surface area contributed by atoms with Gasteiger partial charge in [0.05, 0.1) is 7.11 Å². The van der Waals surface area contributed by atoms with Gasteiger partial charge in [0.15, 0.2) is 0 Å². The van der Waals surface area contributed by atoms with E-state index >= 15 is 0 Å². The fourth-order valence-electron chi connectivity index (χ4n) is 2.01. The van der Waals surface area contributed by atoms with E-state index in [2.05, 4.69) is 10.1 Å². The predicted molar refractivity (Wildman–Crippen MR) is 93.0 cm³/mol. The van der Waals surface area contributed by atoms with E-state index in [1.54, 1.807) is 31.3 Å². The second-order valence-corrected chi connectivity index (χ2v) is 6.62. The summed E-state index contributed by atoms with van der Waals surface area (Å²) in [4.78, 5) is 25.6. The maximum atomic E-state index is 11.9. The molecule has 5 heteroatoms. The standard InChI is InChI=1S/C18H19NO3S/c1-18(2,17(21)22-3)19-16(20)12-10-14-9-11-15(23-14)13-7-5-4-6-8-13/h4-12H,1-3H3,(H,19,20)/b12-10+. The molecule has 23 heavy (non-hydrogen) atoms. The molecule has 1 heterocycles. The van der Waals surface area contributed by atoms with E-state index in [1.165, 1.54) is 13.2 Å². The largest absolute Gasteiger partial charge is 0.467 e. The third kappa shape index (κ3) is 4.53. The van der Waals surface area contributed by atoms with Gasteiger partial charge < -0.3 is 10.1 Å². The molecule has 0 saturated heterocycles. The van der Waals surface area contributed by atoms with Crippen LogP contribution in [0.4, 0.5) is 0 Å². The average Bonchev–Trinajstić information content (AvgIpc) is 3.01. The van der Waals surface area contributed by atoms with Crippen LogP contribution in [0.3, 0.4) is 0 Å². The van der Waals surface area contributed by atoms with Crippen molar-refractivity contribution in [1.29, 1.82) is 0 Å². The first kappa shape index (κ1) is 17.0. The van der Waals surface area contributed by atoms with Crippen molar-refractivity contribution in [2.45, 2.75) is 19.4 Å². The fraction of sp³-hybridized carbons (Fsp3) is 0.222. The zero-order valence-corrected chi connectivity index (χ0v) is 14.1. The van der Waals surface area contributed by atoms with Crippen molar-refractivity contribution in [3.8, 4) is 10.4 Å². The van der Waals surface area contributed by atoms with Crippen LogP contribution in [-0.2, 0) is 14.3 Å². The van der Waals surface area contributed by atoms with E-state index in [0.717, 1.165) is 15.3 Å². The van der Waals surface area contributed by atoms with Gasteiger partial charge in [-0.05, 0) is 37.6 Å². The van der Waals surface area contributed by atoms with Crippen molar-refractivity contribution >= 4 is 29.3 Å². The number of ether oxygens (including phenoxy) is 1. The van der Waals surface area contributed by atoms with Crippen LogP contribution in [0.2, 0.25) is 0 Å². The summed E-state index contributed by atoms with van der Waals surface area (Å²) in [5.74, 6) is -0.822. The van der Waals surface area contributed by atoms with E-state index in [9.17, 15) is 9.59 Å². The lowest BCUT2D eigenvalue weighted by Crippen LogP contribution is -2.49. The van der Waals surface area contributed by atoms with Crippen LogP contribution < -0.4 is 5.32 Å². The molecule has 0 aliphatic rings. The molecule has 0 unspecified atom stereocenters. The third-order valence-electron chi connectivity index (χ3n) is 3.22. The Labute approximate surface area is 139 Å². The van der Waals surface area contributed by atoms with Gasteiger partial charge >= 0.3 is 5.97 Å². The van der Waals surface area contributed by atoms with Crippen LogP contribution in [0.15, 0.2) is 48.5 Å². The summed E-state index contributed by atoms with van der Waals surface area (Å²) in [6, 6.07) is 14.0. The molecule has 0 atom stereocenters. The molecule has 0 aliphatic heterocycles. The minimum absolute atomic E-state index is 0.338. The molecule has 1 aromatic heterocycles. The van der Waals surface area contributed by atoms with Crippen molar-refractivity contribution < 1.29 is 14.3 Å².